The molecule has 1 rings (SSSR count). The number of carboxylic acid groups (broad SMARTS) is 1. The standard InChI is InChI=1S/C4H9N.C4H8O3/c1-2-4-5-3-1;1-7-3-2-4(5)6/h5H,1-4H2;2-3H2,1H3,(H,5,6). The van der Waals surface area contributed by atoms with Gasteiger partial charge in [0.25, 0.3) is 0 Å². The molecule has 1 saturated heterocycles. The highest BCUT2D eigenvalue weighted by atomic mass is 16.5. The van der Waals surface area contributed by atoms with Crippen molar-refractivity contribution in [3.8, 4) is 0 Å². The van der Waals surface area contributed by atoms with Crippen LogP contribution in [0.3, 0.4) is 0 Å². The number of hydrogen-bond donors (Lipinski definition) is 2. The van der Waals surface area contributed by atoms with Crippen LogP contribution in [0.5, 0.6) is 0 Å². The van der Waals surface area contributed by atoms with Crippen molar-refractivity contribution >= 4 is 5.97 Å². The lowest BCUT2D eigenvalue weighted by Gasteiger charge is -1.88. The highest BCUT2D eigenvalue weighted by Gasteiger charge is 1.93. The molecule has 1 heterocycles. The maximum Gasteiger partial charge on any atom is 0.305 e. The molecule has 4 heteroatoms. The van der Waals surface area contributed by atoms with E-state index >= 15 is 0 Å². The average molecular weight is 175 g/mol. The van der Waals surface area contributed by atoms with Crippen molar-refractivity contribution in [1.82, 2.24) is 5.32 Å². The van der Waals surface area contributed by atoms with E-state index in [9.17, 15) is 4.79 Å². The van der Waals surface area contributed by atoms with Crippen LogP contribution in [0.4, 0.5) is 0 Å². The summed E-state index contributed by atoms with van der Waals surface area (Å²) in [7, 11) is 1.48. The SMILES string of the molecule is C1CCNC1.COCCC(=O)O. The Morgan fingerprint density at radius 3 is 2.25 bits per heavy atom. The molecule has 0 atom stereocenters. The van der Waals surface area contributed by atoms with Gasteiger partial charge in [0.15, 0.2) is 0 Å². The Morgan fingerprint density at radius 1 is 1.50 bits per heavy atom. The first-order chi connectivity index (χ1) is 5.77. The molecular weight excluding hydrogens is 158 g/mol. The quantitative estimate of drug-likeness (QED) is 0.655. The molecule has 2 N–H and O–H groups in total. The van der Waals surface area contributed by atoms with Gasteiger partial charge in [0, 0.05) is 7.11 Å². The van der Waals surface area contributed by atoms with Crippen molar-refractivity contribution in [3.63, 3.8) is 0 Å². The summed E-state index contributed by atoms with van der Waals surface area (Å²) < 4.78 is 4.47. The van der Waals surface area contributed by atoms with Crippen molar-refractivity contribution in [2.75, 3.05) is 26.8 Å². The van der Waals surface area contributed by atoms with Crippen molar-refractivity contribution in [3.05, 3.63) is 0 Å². The summed E-state index contributed by atoms with van der Waals surface area (Å²) in [6.07, 6.45) is 2.87. The van der Waals surface area contributed by atoms with Gasteiger partial charge in [-0.25, -0.2) is 0 Å². The van der Waals surface area contributed by atoms with E-state index in [1.165, 1.54) is 33.0 Å². The van der Waals surface area contributed by atoms with E-state index in [0.29, 0.717) is 6.61 Å². The van der Waals surface area contributed by atoms with Crippen molar-refractivity contribution in [2.45, 2.75) is 19.3 Å². The Hall–Kier alpha value is -0.610. The minimum atomic E-state index is -0.818. The largest absolute Gasteiger partial charge is 0.481 e. The van der Waals surface area contributed by atoms with Gasteiger partial charge in [-0.2, -0.15) is 0 Å². The number of hydrogen-bond acceptors (Lipinski definition) is 3. The summed E-state index contributed by atoms with van der Waals surface area (Å²) in [4.78, 5) is 9.68. The van der Waals surface area contributed by atoms with Crippen LogP contribution in [0.1, 0.15) is 19.3 Å². The Morgan fingerprint density at radius 2 is 2.08 bits per heavy atom. The number of rotatable bonds is 3. The molecule has 0 bridgehead atoms. The van der Waals surface area contributed by atoms with E-state index in [2.05, 4.69) is 10.1 Å². The average Bonchev–Trinajstić information content (AvgIpc) is 2.57. The molecule has 0 unspecified atom stereocenters. The predicted molar refractivity (Wildman–Crippen MR) is 46.2 cm³/mol. The maximum atomic E-state index is 9.68. The fourth-order valence-electron chi connectivity index (χ4n) is 0.814. The monoisotopic (exact) mass is 175 g/mol. The third-order valence-electron chi connectivity index (χ3n) is 1.48. The number of carbonyl (C=O) groups is 1. The second-order valence-corrected chi connectivity index (χ2v) is 2.59. The van der Waals surface area contributed by atoms with Crippen LogP contribution in [0.25, 0.3) is 0 Å². The minimum absolute atomic E-state index is 0.0938. The van der Waals surface area contributed by atoms with Crippen LogP contribution in [0.2, 0.25) is 0 Å². The van der Waals surface area contributed by atoms with Gasteiger partial charge in [0.2, 0.25) is 0 Å². The normalized spacial score (nSPS) is 15.1. The molecule has 1 fully saturated rings. The van der Waals surface area contributed by atoms with Crippen molar-refractivity contribution in [1.29, 1.82) is 0 Å². The first-order valence-electron chi connectivity index (χ1n) is 4.19. The number of methoxy groups -OCH3 is 1. The molecule has 0 radical (unpaired) electrons. The van der Waals surface area contributed by atoms with Crippen molar-refractivity contribution < 1.29 is 14.6 Å². The van der Waals surface area contributed by atoms with Gasteiger partial charge >= 0.3 is 5.97 Å². The summed E-state index contributed by atoms with van der Waals surface area (Å²) in [5.74, 6) is -0.818. The van der Waals surface area contributed by atoms with E-state index < -0.39 is 5.97 Å². The Bertz CT molecular complexity index is 105. The molecular formula is C8H17NO3. The number of nitrogens with one attached hydrogen (secondary N) is 1. The molecule has 0 spiro atoms. The van der Waals surface area contributed by atoms with E-state index in [1.807, 2.05) is 0 Å². The lowest BCUT2D eigenvalue weighted by Crippen LogP contribution is -2.03. The first-order valence-corrected chi connectivity index (χ1v) is 4.19. The molecule has 0 amide bonds. The Balaban J connectivity index is 0.000000211. The first kappa shape index (κ1) is 11.4. The van der Waals surface area contributed by atoms with Crippen molar-refractivity contribution in [2.24, 2.45) is 0 Å². The molecule has 12 heavy (non-hydrogen) atoms. The van der Waals surface area contributed by atoms with Crippen LogP contribution in [0, 0.1) is 0 Å². The molecule has 72 valence electrons. The summed E-state index contributed by atoms with van der Waals surface area (Å²) in [5.41, 5.74) is 0. The van der Waals surface area contributed by atoms with Crippen LogP contribution < -0.4 is 5.32 Å². The number of carboxylic acids is 1. The fraction of sp³-hybridized carbons (Fsp3) is 0.875. The molecule has 1 aliphatic rings. The second-order valence-electron chi connectivity index (χ2n) is 2.59. The summed E-state index contributed by atoms with van der Waals surface area (Å²) >= 11 is 0. The highest BCUT2D eigenvalue weighted by Crippen LogP contribution is 1.90. The van der Waals surface area contributed by atoms with Crippen LogP contribution in [0.15, 0.2) is 0 Å². The van der Waals surface area contributed by atoms with Gasteiger partial charge < -0.3 is 15.2 Å². The number of aliphatic carboxylic acids is 1. The van der Waals surface area contributed by atoms with Crippen LogP contribution in [-0.4, -0.2) is 37.9 Å². The molecule has 0 aromatic heterocycles. The molecule has 0 aliphatic carbocycles. The van der Waals surface area contributed by atoms with Gasteiger partial charge in [-0.1, -0.05) is 0 Å². The van der Waals surface area contributed by atoms with E-state index in [1.54, 1.807) is 0 Å². The molecule has 0 aromatic carbocycles. The highest BCUT2D eigenvalue weighted by molar-refractivity contribution is 5.66. The zero-order chi connectivity index (χ0) is 9.23. The Kier molecular flexibility index (Phi) is 8.05. The van der Waals surface area contributed by atoms with Gasteiger partial charge in [-0.3, -0.25) is 4.79 Å². The fourth-order valence-corrected chi connectivity index (χ4v) is 0.814. The summed E-state index contributed by atoms with van der Waals surface area (Å²) in [6, 6.07) is 0. The predicted octanol–water partition coefficient (Wildman–Crippen LogP) is 0.477. The minimum Gasteiger partial charge on any atom is -0.481 e. The Labute approximate surface area is 72.9 Å². The zero-order valence-electron chi connectivity index (χ0n) is 7.51. The lowest BCUT2D eigenvalue weighted by molar-refractivity contribution is -0.137. The van der Waals surface area contributed by atoms with E-state index in [0.717, 1.165) is 0 Å². The van der Waals surface area contributed by atoms with Crippen LogP contribution >= 0.6 is 0 Å². The summed E-state index contributed by atoms with van der Waals surface area (Å²) in [6.45, 7) is 2.80. The molecule has 0 saturated carbocycles. The molecule has 4 nitrogen and oxygen atoms in total. The third kappa shape index (κ3) is 9.39. The van der Waals surface area contributed by atoms with Gasteiger partial charge in [0.05, 0.1) is 13.0 Å². The van der Waals surface area contributed by atoms with E-state index in [-0.39, 0.29) is 6.42 Å². The second kappa shape index (κ2) is 8.49. The smallest absolute Gasteiger partial charge is 0.305 e. The lowest BCUT2D eigenvalue weighted by atomic mass is 10.4. The molecule has 0 aromatic rings. The topological polar surface area (TPSA) is 58.6 Å². The van der Waals surface area contributed by atoms with Gasteiger partial charge in [0.1, 0.15) is 0 Å². The number of ether oxygens (including phenoxy) is 1. The van der Waals surface area contributed by atoms with Gasteiger partial charge in [-0.15, -0.1) is 0 Å². The van der Waals surface area contributed by atoms with E-state index in [4.69, 9.17) is 5.11 Å². The zero-order valence-corrected chi connectivity index (χ0v) is 7.51. The van der Waals surface area contributed by atoms with Crippen LogP contribution in [-0.2, 0) is 9.53 Å². The third-order valence-corrected chi connectivity index (χ3v) is 1.48. The maximum absolute atomic E-state index is 9.68. The summed E-state index contributed by atoms with van der Waals surface area (Å²) in [5, 5.41) is 11.2. The molecule has 1 aliphatic heterocycles. The van der Waals surface area contributed by atoms with Gasteiger partial charge in [-0.05, 0) is 25.9 Å².